The van der Waals surface area contributed by atoms with Gasteiger partial charge in [0.1, 0.15) is 11.6 Å². The number of rotatable bonds is 8. The molecule has 11 heteroatoms. The van der Waals surface area contributed by atoms with Gasteiger partial charge in [-0.15, -0.1) is 13.2 Å². The first-order valence-electron chi connectivity index (χ1n) is 12.7. The molecule has 0 N–H and O–H groups in total. The Bertz CT molecular complexity index is 1180. The summed E-state index contributed by atoms with van der Waals surface area (Å²) < 4.78 is 51.1. The summed E-state index contributed by atoms with van der Waals surface area (Å²) in [5, 5.41) is 0. The number of hydrogen-bond donors (Lipinski definition) is 0. The minimum atomic E-state index is -4.74. The highest BCUT2D eigenvalue weighted by molar-refractivity contribution is 5.32. The average molecular weight is 509 g/mol. The van der Waals surface area contributed by atoms with E-state index in [1.807, 2.05) is 0 Å². The number of fused-ring (bicyclic) bond motifs is 3. The van der Waals surface area contributed by atoms with Crippen molar-refractivity contribution in [3.05, 3.63) is 56.6 Å². The molecule has 0 saturated carbocycles. The van der Waals surface area contributed by atoms with Crippen molar-refractivity contribution in [2.45, 2.75) is 95.6 Å². The SMILES string of the molecule is O=c1nc2n(c(=O)n1CCCN1C3CCC1CC(OCc1ccccc1OC(F)(F)F)C3)CCCC2. The number of hydrogen-bond acceptors (Lipinski definition) is 6. The third-order valence-electron chi connectivity index (χ3n) is 7.57. The molecule has 2 bridgehead atoms. The molecule has 1 aromatic heterocycles. The van der Waals surface area contributed by atoms with Gasteiger partial charge in [-0.2, -0.15) is 4.98 Å². The lowest BCUT2D eigenvalue weighted by atomic mass is 9.99. The molecule has 0 aliphatic carbocycles. The fourth-order valence-electron chi connectivity index (χ4n) is 5.92. The third kappa shape index (κ3) is 5.51. The molecule has 1 aromatic carbocycles. The Labute approximate surface area is 206 Å². The molecule has 0 radical (unpaired) electrons. The topological polar surface area (TPSA) is 78.6 Å². The maximum atomic E-state index is 12.8. The zero-order valence-electron chi connectivity index (χ0n) is 20.1. The first-order chi connectivity index (χ1) is 17.3. The molecule has 36 heavy (non-hydrogen) atoms. The second-order valence-corrected chi connectivity index (χ2v) is 9.89. The largest absolute Gasteiger partial charge is 0.573 e. The van der Waals surface area contributed by atoms with Crippen LogP contribution in [0.1, 0.15) is 56.3 Å². The maximum absolute atomic E-state index is 12.8. The van der Waals surface area contributed by atoms with Crippen LogP contribution in [0.4, 0.5) is 13.2 Å². The highest BCUT2D eigenvalue weighted by atomic mass is 19.4. The second-order valence-electron chi connectivity index (χ2n) is 9.89. The lowest BCUT2D eigenvalue weighted by molar-refractivity contribution is -0.275. The Kier molecular flexibility index (Phi) is 7.21. The van der Waals surface area contributed by atoms with E-state index in [1.54, 1.807) is 16.7 Å². The predicted octanol–water partition coefficient (Wildman–Crippen LogP) is 3.24. The molecule has 2 saturated heterocycles. The van der Waals surface area contributed by atoms with Crippen molar-refractivity contribution < 1.29 is 22.6 Å². The number of para-hydroxylation sites is 1. The molecular formula is C25H31F3N4O4. The van der Waals surface area contributed by atoms with Gasteiger partial charge in [0.2, 0.25) is 0 Å². The molecule has 0 amide bonds. The average Bonchev–Trinajstić information content (AvgIpc) is 3.07. The van der Waals surface area contributed by atoms with Gasteiger partial charge in [-0.05, 0) is 51.0 Å². The smallest absolute Gasteiger partial charge is 0.405 e. The summed E-state index contributed by atoms with van der Waals surface area (Å²) >= 11 is 0. The fourth-order valence-corrected chi connectivity index (χ4v) is 5.92. The number of nitrogens with zero attached hydrogens (tertiary/aromatic N) is 4. The van der Waals surface area contributed by atoms with Gasteiger partial charge in [0.15, 0.2) is 0 Å². The van der Waals surface area contributed by atoms with E-state index in [2.05, 4.69) is 14.6 Å². The normalized spacial score (nSPS) is 24.0. The Morgan fingerprint density at radius 3 is 2.53 bits per heavy atom. The zero-order chi connectivity index (χ0) is 25.3. The van der Waals surface area contributed by atoms with E-state index in [1.165, 1.54) is 16.7 Å². The number of aromatic nitrogens is 3. The van der Waals surface area contributed by atoms with Crippen LogP contribution in [0.2, 0.25) is 0 Å². The number of alkyl halides is 3. The standard InChI is InChI=1S/C25H31F3N4O4/c26-25(27,28)36-21-7-2-1-6-17(21)16-35-20-14-18-9-10-19(15-20)30(18)12-5-13-32-23(33)29-22-8-3-4-11-31(22)24(32)34/h1-2,6-7,18-20H,3-5,8-16H2. The second kappa shape index (κ2) is 10.4. The first kappa shape index (κ1) is 25.0. The number of ether oxygens (including phenoxy) is 2. The Morgan fingerprint density at radius 1 is 1.03 bits per heavy atom. The van der Waals surface area contributed by atoms with Crippen molar-refractivity contribution in [2.75, 3.05) is 6.54 Å². The first-order valence-corrected chi connectivity index (χ1v) is 12.7. The summed E-state index contributed by atoms with van der Waals surface area (Å²) in [6, 6.07) is 6.72. The Balaban J connectivity index is 1.15. The van der Waals surface area contributed by atoms with Gasteiger partial charge in [-0.1, -0.05) is 18.2 Å². The van der Waals surface area contributed by atoms with E-state index in [0.29, 0.717) is 49.4 Å². The molecule has 3 aliphatic rings. The van der Waals surface area contributed by atoms with Gasteiger partial charge in [-0.25, -0.2) is 14.2 Å². The van der Waals surface area contributed by atoms with Gasteiger partial charge in [0.25, 0.3) is 0 Å². The fraction of sp³-hybridized carbons (Fsp3) is 0.640. The van der Waals surface area contributed by atoms with Gasteiger partial charge in [-0.3, -0.25) is 9.47 Å². The van der Waals surface area contributed by atoms with Crippen LogP contribution in [0.25, 0.3) is 0 Å². The van der Waals surface area contributed by atoms with Gasteiger partial charge in [0, 0.05) is 43.7 Å². The highest BCUT2D eigenvalue weighted by Gasteiger charge is 2.41. The van der Waals surface area contributed by atoms with Crippen molar-refractivity contribution in [3.63, 3.8) is 0 Å². The van der Waals surface area contributed by atoms with E-state index < -0.39 is 12.1 Å². The summed E-state index contributed by atoms with van der Waals surface area (Å²) in [6.45, 7) is 1.80. The van der Waals surface area contributed by atoms with Crippen molar-refractivity contribution in [1.29, 1.82) is 0 Å². The van der Waals surface area contributed by atoms with Crippen LogP contribution >= 0.6 is 0 Å². The minimum Gasteiger partial charge on any atom is -0.405 e. The van der Waals surface area contributed by atoms with E-state index in [9.17, 15) is 22.8 Å². The van der Waals surface area contributed by atoms with Crippen LogP contribution < -0.4 is 16.1 Å². The quantitative estimate of drug-likeness (QED) is 0.545. The number of halogens is 3. The van der Waals surface area contributed by atoms with E-state index in [4.69, 9.17) is 4.74 Å². The maximum Gasteiger partial charge on any atom is 0.573 e. The van der Waals surface area contributed by atoms with E-state index in [0.717, 1.165) is 45.1 Å². The molecule has 2 aromatic rings. The van der Waals surface area contributed by atoms with Crippen LogP contribution in [0.3, 0.4) is 0 Å². The van der Waals surface area contributed by atoms with Crippen LogP contribution in [-0.2, 0) is 30.9 Å². The van der Waals surface area contributed by atoms with E-state index >= 15 is 0 Å². The summed E-state index contributed by atoms with van der Waals surface area (Å²) in [6.07, 6.45) is 2.15. The third-order valence-corrected chi connectivity index (χ3v) is 7.57. The van der Waals surface area contributed by atoms with Crippen molar-refractivity contribution in [3.8, 4) is 5.75 Å². The predicted molar refractivity (Wildman–Crippen MR) is 125 cm³/mol. The highest BCUT2D eigenvalue weighted by Crippen LogP contribution is 2.37. The van der Waals surface area contributed by atoms with Crippen LogP contribution in [0.15, 0.2) is 33.9 Å². The molecule has 2 fully saturated rings. The summed E-state index contributed by atoms with van der Waals surface area (Å²) in [7, 11) is 0. The van der Waals surface area contributed by atoms with E-state index in [-0.39, 0.29) is 24.2 Å². The Morgan fingerprint density at radius 2 is 1.78 bits per heavy atom. The molecule has 196 valence electrons. The lowest BCUT2D eigenvalue weighted by Gasteiger charge is -2.39. The number of piperidine rings is 1. The van der Waals surface area contributed by atoms with Crippen molar-refractivity contribution in [1.82, 2.24) is 19.0 Å². The molecule has 3 aliphatic heterocycles. The molecule has 4 heterocycles. The van der Waals surface area contributed by atoms with Gasteiger partial charge >= 0.3 is 17.7 Å². The minimum absolute atomic E-state index is 0.0326. The van der Waals surface area contributed by atoms with Gasteiger partial charge in [0.05, 0.1) is 12.7 Å². The monoisotopic (exact) mass is 508 g/mol. The summed E-state index contributed by atoms with van der Waals surface area (Å²) in [5.74, 6) is 0.369. The van der Waals surface area contributed by atoms with Crippen molar-refractivity contribution >= 4 is 0 Å². The van der Waals surface area contributed by atoms with Crippen LogP contribution in [0.5, 0.6) is 5.75 Å². The van der Waals surface area contributed by atoms with Crippen LogP contribution in [0, 0.1) is 0 Å². The van der Waals surface area contributed by atoms with Crippen LogP contribution in [-0.4, -0.2) is 50.1 Å². The Hall–Kier alpha value is -2.66. The molecule has 5 rings (SSSR count). The number of benzene rings is 1. The molecule has 0 spiro atoms. The van der Waals surface area contributed by atoms with Crippen molar-refractivity contribution in [2.24, 2.45) is 0 Å². The molecular weight excluding hydrogens is 477 g/mol. The lowest BCUT2D eigenvalue weighted by Crippen LogP contribution is -2.47. The van der Waals surface area contributed by atoms with Gasteiger partial charge < -0.3 is 9.47 Å². The summed E-state index contributed by atoms with van der Waals surface area (Å²) in [4.78, 5) is 31.8. The summed E-state index contributed by atoms with van der Waals surface area (Å²) in [5.41, 5.74) is -0.340. The molecule has 8 nitrogen and oxygen atoms in total. The number of aryl methyl sites for hydroxylation is 1. The molecule has 2 unspecified atom stereocenters. The zero-order valence-corrected chi connectivity index (χ0v) is 20.1. The molecule has 2 atom stereocenters.